The topological polar surface area (TPSA) is 103 Å². The van der Waals surface area contributed by atoms with Crippen LogP contribution >= 0.6 is 11.6 Å². The molecule has 0 amide bonds. The van der Waals surface area contributed by atoms with Crippen LogP contribution in [0.15, 0.2) is 54.9 Å². The summed E-state index contributed by atoms with van der Waals surface area (Å²) in [5, 5.41) is 14.6. The third-order valence-electron chi connectivity index (χ3n) is 6.40. The van der Waals surface area contributed by atoms with Crippen molar-refractivity contribution in [2.24, 2.45) is 0 Å². The van der Waals surface area contributed by atoms with E-state index in [-0.39, 0.29) is 6.42 Å². The standard InChI is InChI=1S/C26H25ClN4O3/c27-18-6-3-7-20(14-18)34-19-10-8-16(9-11-19)23-21(12-13-22(32)33)24(17-4-1-2-5-17)31-25(23)26(28)29-15-30-31/h3,6-11,14-15,17H,1-2,4-5,12-13H2,(H,32,33)(H2,28,29,30). The van der Waals surface area contributed by atoms with Crippen molar-refractivity contribution < 1.29 is 14.6 Å². The number of aliphatic carboxylic acids is 1. The lowest BCUT2D eigenvalue weighted by atomic mass is 9.92. The lowest BCUT2D eigenvalue weighted by Gasteiger charge is -2.13. The summed E-state index contributed by atoms with van der Waals surface area (Å²) in [4.78, 5) is 15.7. The average molecular weight is 477 g/mol. The van der Waals surface area contributed by atoms with Gasteiger partial charge in [-0.05, 0) is 60.7 Å². The van der Waals surface area contributed by atoms with Gasteiger partial charge in [-0.1, -0.05) is 42.6 Å². The van der Waals surface area contributed by atoms with E-state index in [1.807, 2.05) is 40.9 Å². The SMILES string of the molecule is Nc1ncnn2c(C3CCCC3)c(CCC(=O)O)c(-c3ccc(Oc4cccc(Cl)c4)cc3)c12. The van der Waals surface area contributed by atoms with Gasteiger partial charge < -0.3 is 15.6 Å². The van der Waals surface area contributed by atoms with Gasteiger partial charge in [-0.2, -0.15) is 5.10 Å². The predicted octanol–water partition coefficient (Wildman–Crippen LogP) is 6.10. The van der Waals surface area contributed by atoms with Crippen LogP contribution in [0, 0.1) is 0 Å². The first kappa shape index (κ1) is 22.2. The molecule has 1 saturated carbocycles. The smallest absolute Gasteiger partial charge is 0.303 e. The Kier molecular flexibility index (Phi) is 6.11. The fraction of sp³-hybridized carbons (Fsp3) is 0.269. The number of anilines is 1. The highest BCUT2D eigenvalue weighted by Gasteiger charge is 2.29. The van der Waals surface area contributed by atoms with E-state index in [1.54, 1.807) is 12.1 Å². The summed E-state index contributed by atoms with van der Waals surface area (Å²) in [7, 11) is 0. The number of halogens is 1. The summed E-state index contributed by atoms with van der Waals surface area (Å²) in [6, 6.07) is 14.9. The number of rotatable bonds is 7. The van der Waals surface area contributed by atoms with Crippen molar-refractivity contribution >= 4 is 28.9 Å². The zero-order chi connectivity index (χ0) is 23.7. The number of carbonyl (C=O) groups is 1. The molecular formula is C26H25ClN4O3. The first-order valence-corrected chi connectivity index (χ1v) is 11.8. The molecule has 1 fully saturated rings. The molecule has 0 spiro atoms. The van der Waals surface area contributed by atoms with Crippen LogP contribution in [0.5, 0.6) is 11.5 Å². The van der Waals surface area contributed by atoms with Gasteiger partial charge in [0.1, 0.15) is 23.3 Å². The molecule has 2 aromatic heterocycles. The average Bonchev–Trinajstić information content (AvgIpc) is 3.45. The second kappa shape index (κ2) is 9.35. The molecule has 0 atom stereocenters. The minimum Gasteiger partial charge on any atom is -0.481 e. The van der Waals surface area contributed by atoms with Gasteiger partial charge in [-0.3, -0.25) is 4.79 Å². The number of nitrogens with zero attached hydrogens (tertiary/aromatic N) is 3. The Morgan fingerprint density at radius 1 is 1.15 bits per heavy atom. The van der Waals surface area contributed by atoms with E-state index in [1.165, 1.54) is 6.33 Å². The maximum absolute atomic E-state index is 11.5. The van der Waals surface area contributed by atoms with E-state index < -0.39 is 5.97 Å². The summed E-state index contributed by atoms with van der Waals surface area (Å²) in [5.41, 5.74) is 11.0. The van der Waals surface area contributed by atoms with Crippen molar-refractivity contribution in [3.05, 3.63) is 71.1 Å². The van der Waals surface area contributed by atoms with Crippen molar-refractivity contribution in [1.29, 1.82) is 0 Å². The fourth-order valence-corrected chi connectivity index (χ4v) is 5.13. The van der Waals surface area contributed by atoms with Crippen LogP contribution in [-0.2, 0) is 11.2 Å². The van der Waals surface area contributed by atoms with Gasteiger partial charge in [0.25, 0.3) is 0 Å². The number of nitrogens with two attached hydrogens (primary N) is 1. The van der Waals surface area contributed by atoms with Gasteiger partial charge in [0.2, 0.25) is 0 Å². The van der Waals surface area contributed by atoms with E-state index in [9.17, 15) is 9.90 Å². The molecule has 1 aliphatic rings. The molecule has 0 saturated heterocycles. The molecular weight excluding hydrogens is 452 g/mol. The van der Waals surface area contributed by atoms with Gasteiger partial charge in [0, 0.05) is 28.6 Å². The van der Waals surface area contributed by atoms with Gasteiger partial charge in [0.05, 0.1) is 0 Å². The molecule has 0 unspecified atom stereocenters. The molecule has 1 aliphatic carbocycles. The van der Waals surface area contributed by atoms with E-state index in [0.717, 1.165) is 53.6 Å². The van der Waals surface area contributed by atoms with Gasteiger partial charge >= 0.3 is 5.97 Å². The maximum Gasteiger partial charge on any atom is 0.303 e. The summed E-state index contributed by atoms with van der Waals surface area (Å²) < 4.78 is 7.83. The molecule has 3 N–H and O–H groups in total. The van der Waals surface area contributed by atoms with E-state index in [4.69, 9.17) is 22.1 Å². The molecule has 7 nitrogen and oxygen atoms in total. The van der Waals surface area contributed by atoms with Gasteiger partial charge in [0.15, 0.2) is 5.82 Å². The van der Waals surface area contributed by atoms with Crippen molar-refractivity contribution in [2.45, 2.75) is 44.4 Å². The van der Waals surface area contributed by atoms with E-state index >= 15 is 0 Å². The van der Waals surface area contributed by atoms with Crippen LogP contribution in [-0.4, -0.2) is 25.7 Å². The minimum absolute atomic E-state index is 0.0346. The zero-order valence-electron chi connectivity index (χ0n) is 18.6. The third kappa shape index (κ3) is 4.31. The normalized spacial score (nSPS) is 14.0. The molecule has 2 heterocycles. The van der Waals surface area contributed by atoms with Crippen LogP contribution in [0.2, 0.25) is 5.02 Å². The minimum atomic E-state index is -0.831. The molecule has 0 radical (unpaired) electrons. The van der Waals surface area contributed by atoms with Crippen LogP contribution in [0.3, 0.4) is 0 Å². The lowest BCUT2D eigenvalue weighted by molar-refractivity contribution is -0.136. The number of fused-ring (bicyclic) bond motifs is 1. The number of nitrogen functional groups attached to an aromatic ring is 1. The quantitative estimate of drug-likeness (QED) is 0.334. The Morgan fingerprint density at radius 2 is 1.91 bits per heavy atom. The Bertz CT molecular complexity index is 1340. The number of benzene rings is 2. The Balaban J connectivity index is 1.61. The van der Waals surface area contributed by atoms with Crippen LogP contribution in [0.25, 0.3) is 16.6 Å². The summed E-state index contributed by atoms with van der Waals surface area (Å²) in [6.07, 6.45) is 6.33. The van der Waals surface area contributed by atoms with Crippen molar-refractivity contribution in [3.8, 4) is 22.6 Å². The lowest BCUT2D eigenvalue weighted by Crippen LogP contribution is -2.07. The number of aromatic nitrogens is 3. The first-order chi connectivity index (χ1) is 16.5. The van der Waals surface area contributed by atoms with E-state index in [2.05, 4.69) is 10.1 Å². The van der Waals surface area contributed by atoms with Gasteiger partial charge in [-0.15, -0.1) is 0 Å². The van der Waals surface area contributed by atoms with Crippen molar-refractivity contribution in [1.82, 2.24) is 14.6 Å². The largest absolute Gasteiger partial charge is 0.481 e. The highest BCUT2D eigenvalue weighted by molar-refractivity contribution is 6.30. The predicted molar refractivity (Wildman–Crippen MR) is 132 cm³/mol. The maximum atomic E-state index is 11.5. The number of carboxylic acids is 1. The monoisotopic (exact) mass is 476 g/mol. The molecule has 34 heavy (non-hydrogen) atoms. The Labute approximate surface area is 202 Å². The zero-order valence-corrected chi connectivity index (χ0v) is 19.3. The summed E-state index contributed by atoms with van der Waals surface area (Å²) in [5.74, 6) is 1.19. The second-order valence-electron chi connectivity index (χ2n) is 8.60. The molecule has 5 rings (SSSR count). The van der Waals surface area contributed by atoms with Crippen molar-refractivity contribution in [2.75, 3.05) is 5.73 Å². The van der Waals surface area contributed by atoms with Crippen LogP contribution in [0.1, 0.15) is 49.3 Å². The molecule has 174 valence electrons. The highest BCUT2D eigenvalue weighted by atomic mass is 35.5. The Morgan fingerprint density at radius 3 is 2.62 bits per heavy atom. The van der Waals surface area contributed by atoms with E-state index in [0.29, 0.717) is 34.7 Å². The van der Waals surface area contributed by atoms with Gasteiger partial charge in [-0.25, -0.2) is 9.50 Å². The molecule has 0 bridgehead atoms. The first-order valence-electron chi connectivity index (χ1n) is 11.4. The number of ether oxygens (including phenoxy) is 1. The molecule has 0 aliphatic heterocycles. The fourth-order valence-electron chi connectivity index (χ4n) is 4.95. The summed E-state index contributed by atoms with van der Waals surface area (Å²) in [6.45, 7) is 0. The number of hydrogen-bond acceptors (Lipinski definition) is 5. The highest BCUT2D eigenvalue weighted by Crippen LogP contribution is 2.44. The second-order valence-corrected chi connectivity index (χ2v) is 9.04. The third-order valence-corrected chi connectivity index (χ3v) is 6.63. The van der Waals surface area contributed by atoms with Crippen LogP contribution in [0.4, 0.5) is 5.82 Å². The summed E-state index contributed by atoms with van der Waals surface area (Å²) >= 11 is 6.06. The molecule has 4 aromatic rings. The molecule has 8 heteroatoms. The van der Waals surface area contributed by atoms with Crippen LogP contribution < -0.4 is 10.5 Å². The van der Waals surface area contributed by atoms with Crippen molar-refractivity contribution in [3.63, 3.8) is 0 Å². The molecule has 2 aromatic carbocycles. The number of hydrogen-bond donors (Lipinski definition) is 2. The Hall–Kier alpha value is -3.58. The number of carboxylic acid groups (broad SMARTS) is 1.